The number of nitrogens with two attached hydrogens (primary N) is 1. The van der Waals surface area contributed by atoms with E-state index >= 15 is 0 Å². The van der Waals surface area contributed by atoms with Gasteiger partial charge in [-0.2, -0.15) is 0 Å². The van der Waals surface area contributed by atoms with Gasteiger partial charge in [-0.15, -0.1) is 0 Å². The number of halogens is 1. The largest absolute Gasteiger partial charge is 0.772 e. The molecule has 0 saturated heterocycles. The third-order valence-corrected chi connectivity index (χ3v) is 6.43. The van der Waals surface area contributed by atoms with Crippen molar-refractivity contribution in [3.8, 4) is 0 Å². The number of primary amides is 1. The highest BCUT2D eigenvalue weighted by atomic mass is 32.2. The molecular formula is C26H23FN3O6S-. The minimum Gasteiger partial charge on any atom is -0.772 e. The summed E-state index contributed by atoms with van der Waals surface area (Å²) in [5.41, 5.74) is 7.72. The fourth-order valence-electron chi connectivity index (χ4n) is 4.21. The molecule has 1 atom stereocenters. The van der Waals surface area contributed by atoms with Crippen molar-refractivity contribution >= 4 is 28.0 Å². The molecule has 192 valence electrons. The molecule has 0 bridgehead atoms. The SMILES string of the molecule is NC(=O)c1c(CC(O)O)c2ncc(Cc3ccc(F)cc3)cc2n(Cc2ccc(CS(=O)[O-])cc2)c1=O. The Hall–Kier alpha value is -3.77. The Balaban J connectivity index is 1.87. The van der Waals surface area contributed by atoms with Crippen LogP contribution in [-0.2, 0) is 36.2 Å². The molecule has 2 aromatic carbocycles. The quantitative estimate of drug-likeness (QED) is 0.221. The van der Waals surface area contributed by atoms with E-state index in [-0.39, 0.29) is 29.2 Å². The molecule has 4 N–H and O–H groups in total. The normalized spacial score (nSPS) is 12.2. The van der Waals surface area contributed by atoms with Crippen molar-refractivity contribution in [1.82, 2.24) is 9.55 Å². The Morgan fingerprint density at radius 3 is 2.27 bits per heavy atom. The van der Waals surface area contributed by atoms with Gasteiger partial charge in [0, 0.05) is 23.9 Å². The maximum absolute atomic E-state index is 13.5. The monoisotopic (exact) mass is 524 g/mol. The fraction of sp³-hybridized carbons (Fsp3) is 0.192. The summed E-state index contributed by atoms with van der Waals surface area (Å²) < 4.78 is 36.6. The summed E-state index contributed by atoms with van der Waals surface area (Å²) in [6.45, 7) is 0.0139. The molecule has 0 spiro atoms. The zero-order valence-corrected chi connectivity index (χ0v) is 20.3. The van der Waals surface area contributed by atoms with E-state index in [0.29, 0.717) is 28.6 Å². The van der Waals surface area contributed by atoms with Crippen LogP contribution in [0.25, 0.3) is 11.0 Å². The van der Waals surface area contributed by atoms with Crippen LogP contribution in [0.2, 0.25) is 0 Å². The van der Waals surface area contributed by atoms with Crippen molar-refractivity contribution in [2.75, 3.05) is 0 Å². The Kier molecular flexibility index (Phi) is 7.89. The third-order valence-electron chi connectivity index (χ3n) is 5.86. The molecule has 0 aliphatic rings. The lowest BCUT2D eigenvalue weighted by atomic mass is 10.00. The van der Waals surface area contributed by atoms with Gasteiger partial charge in [0.1, 0.15) is 11.4 Å². The predicted octanol–water partition coefficient (Wildman–Crippen LogP) is 1.51. The van der Waals surface area contributed by atoms with E-state index in [1.165, 1.54) is 22.9 Å². The van der Waals surface area contributed by atoms with Crippen LogP contribution in [0.4, 0.5) is 4.39 Å². The number of nitrogens with zero attached hydrogens (tertiary/aromatic N) is 2. The third kappa shape index (κ3) is 6.15. The van der Waals surface area contributed by atoms with Gasteiger partial charge in [0.2, 0.25) is 0 Å². The van der Waals surface area contributed by atoms with Crippen molar-refractivity contribution in [2.24, 2.45) is 5.73 Å². The topological polar surface area (TPSA) is 159 Å². The number of aliphatic hydroxyl groups is 2. The van der Waals surface area contributed by atoms with E-state index in [2.05, 4.69) is 4.98 Å². The molecule has 0 aliphatic heterocycles. The van der Waals surface area contributed by atoms with Crippen LogP contribution in [0.1, 0.15) is 38.2 Å². The minimum atomic E-state index is -2.25. The maximum atomic E-state index is 13.5. The van der Waals surface area contributed by atoms with Crippen LogP contribution in [0, 0.1) is 5.82 Å². The van der Waals surface area contributed by atoms with E-state index in [4.69, 9.17) is 5.73 Å². The first-order chi connectivity index (χ1) is 17.6. The lowest BCUT2D eigenvalue weighted by Gasteiger charge is -2.18. The number of fused-ring (bicyclic) bond motifs is 1. The Bertz CT molecular complexity index is 1540. The van der Waals surface area contributed by atoms with Crippen LogP contribution in [0.3, 0.4) is 0 Å². The zero-order chi connectivity index (χ0) is 26.7. The number of pyridine rings is 2. The number of carbonyl (C=O) groups excluding carboxylic acids is 1. The molecule has 2 heterocycles. The van der Waals surface area contributed by atoms with Crippen molar-refractivity contribution in [3.05, 3.63) is 110 Å². The second-order valence-corrected chi connectivity index (χ2v) is 9.47. The minimum absolute atomic E-state index is 0.0139. The summed E-state index contributed by atoms with van der Waals surface area (Å²) in [6, 6.07) is 14.2. The smallest absolute Gasteiger partial charge is 0.264 e. The van der Waals surface area contributed by atoms with Gasteiger partial charge in [-0.05, 0) is 46.9 Å². The van der Waals surface area contributed by atoms with Crippen molar-refractivity contribution in [1.29, 1.82) is 0 Å². The first kappa shape index (κ1) is 26.3. The number of hydrogen-bond acceptors (Lipinski definition) is 7. The molecule has 1 amide bonds. The van der Waals surface area contributed by atoms with Crippen LogP contribution in [0.5, 0.6) is 0 Å². The van der Waals surface area contributed by atoms with E-state index in [0.717, 1.165) is 5.56 Å². The molecule has 0 fully saturated rings. The maximum Gasteiger partial charge on any atom is 0.264 e. The summed E-state index contributed by atoms with van der Waals surface area (Å²) in [7, 11) is 0. The average Bonchev–Trinajstić information content (AvgIpc) is 2.83. The first-order valence-electron chi connectivity index (χ1n) is 11.2. The number of aliphatic hydroxyl groups excluding tert-OH is 1. The number of hydrogen-bond donors (Lipinski definition) is 3. The van der Waals surface area contributed by atoms with Gasteiger partial charge in [-0.1, -0.05) is 47.5 Å². The Morgan fingerprint density at radius 2 is 1.68 bits per heavy atom. The number of rotatable bonds is 9. The highest BCUT2D eigenvalue weighted by Gasteiger charge is 2.23. The summed E-state index contributed by atoms with van der Waals surface area (Å²) in [5, 5.41) is 19.2. The van der Waals surface area contributed by atoms with Crippen LogP contribution >= 0.6 is 0 Å². The predicted molar refractivity (Wildman–Crippen MR) is 134 cm³/mol. The van der Waals surface area contributed by atoms with Crippen LogP contribution < -0.4 is 11.3 Å². The van der Waals surface area contributed by atoms with Gasteiger partial charge in [0.05, 0.1) is 17.6 Å². The van der Waals surface area contributed by atoms with Gasteiger partial charge in [-0.3, -0.25) is 18.8 Å². The lowest BCUT2D eigenvalue weighted by molar-refractivity contribution is -0.0380. The molecule has 37 heavy (non-hydrogen) atoms. The summed E-state index contributed by atoms with van der Waals surface area (Å²) in [4.78, 5) is 30.2. The van der Waals surface area contributed by atoms with E-state index < -0.39 is 40.8 Å². The van der Waals surface area contributed by atoms with Crippen molar-refractivity contribution in [2.45, 2.75) is 31.4 Å². The number of carbonyl (C=O) groups is 1. The number of amides is 1. The number of aromatic nitrogens is 2. The Labute approximate surface area is 213 Å². The molecular weight excluding hydrogens is 501 g/mol. The molecule has 0 aliphatic carbocycles. The molecule has 11 heteroatoms. The molecule has 2 aromatic heterocycles. The average molecular weight is 525 g/mol. The zero-order valence-electron chi connectivity index (χ0n) is 19.5. The molecule has 9 nitrogen and oxygen atoms in total. The van der Waals surface area contributed by atoms with Gasteiger partial charge in [-0.25, -0.2) is 4.39 Å². The summed E-state index contributed by atoms with van der Waals surface area (Å²) in [6.07, 6.45) is -0.364. The molecule has 0 saturated carbocycles. The highest BCUT2D eigenvalue weighted by molar-refractivity contribution is 7.78. The molecule has 1 unspecified atom stereocenters. The molecule has 0 radical (unpaired) electrons. The van der Waals surface area contributed by atoms with Crippen LogP contribution in [-0.4, -0.2) is 40.7 Å². The second-order valence-electron chi connectivity index (χ2n) is 8.57. The van der Waals surface area contributed by atoms with Gasteiger partial charge < -0.3 is 25.1 Å². The number of benzene rings is 2. The molecule has 4 rings (SSSR count). The van der Waals surface area contributed by atoms with Gasteiger partial charge in [0.15, 0.2) is 6.29 Å². The molecule has 4 aromatic rings. The van der Waals surface area contributed by atoms with E-state index in [9.17, 15) is 33.0 Å². The fourth-order valence-corrected chi connectivity index (χ4v) is 4.68. The van der Waals surface area contributed by atoms with E-state index in [1.807, 2.05) is 0 Å². The van der Waals surface area contributed by atoms with Gasteiger partial charge in [0.25, 0.3) is 11.5 Å². The summed E-state index contributed by atoms with van der Waals surface area (Å²) in [5.74, 6) is -1.54. The van der Waals surface area contributed by atoms with Crippen molar-refractivity contribution < 1.29 is 28.2 Å². The first-order valence-corrected chi connectivity index (χ1v) is 12.4. The summed E-state index contributed by atoms with van der Waals surface area (Å²) >= 11 is -2.25. The van der Waals surface area contributed by atoms with Crippen LogP contribution in [0.15, 0.2) is 65.6 Å². The van der Waals surface area contributed by atoms with Gasteiger partial charge >= 0.3 is 0 Å². The highest BCUT2D eigenvalue weighted by Crippen LogP contribution is 2.23. The van der Waals surface area contributed by atoms with Crippen molar-refractivity contribution in [3.63, 3.8) is 0 Å². The standard InChI is InChI=1S/C26H24FN3O6S/c27-19-7-5-15(6-8-19)9-18-10-21-24(29-12-18)20(11-22(31)32)23(25(28)33)26(34)30(21)13-16-1-3-17(4-2-16)14-37(35)36/h1-8,10,12,22,31-32H,9,11,13-14H2,(H2,28,33)(H,35,36)/p-1. The second kappa shape index (κ2) is 11.1. The Morgan fingerprint density at radius 1 is 1.05 bits per heavy atom. The van der Waals surface area contributed by atoms with E-state index in [1.54, 1.807) is 42.5 Å². The lowest BCUT2D eigenvalue weighted by Crippen LogP contribution is -2.33.